The summed E-state index contributed by atoms with van der Waals surface area (Å²) in [5, 5.41) is 12.3. The fourth-order valence-corrected chi connectivity index (χ4v) is 3.83. The van der Waals surface area contributed by atoms with Crippen molar-refractivity contribution in [1.29, 1.82) is 0 Å². The van der Waals surface area contributed by atoms with Crippen LogP contribution >= 0.6 is 0 Å². The van der Waals surface area contributed by atoms with E-state index in [1.54, 1.807) is 0 Å². The van der Waals surface area contributed by atoms with Crippen molar-refractivity contribution in [3.63, 3.8) is 0 Å². The first-order valence-corrected chi connectivity index (χ1v) is 7.26. The van der Waals surface area contributed by atoms with E-state index in [0.29, 0.717) is 24.4 Å². The van der Waals surface area contributed by atoms with E-state index < -0.39 is 5.97 Å². The molecule has 3 nitrogen and oxygen atoms in total. The summed E-state index contributed by atoms with van der Waals surface area (Å²) in [4.78, 5) is 10.6. The number of hydrogen-bond acceptors (Lipinski definition) is 2. The number of rotatable bonds is 4. The SMILES string of the molecule is O=C(O)CCNC1C2CCC1Cc1ccccc1C2. The average molecular weight is 259 g/mol. The minimum Gasteiger partial charge on any atom is -0.481 e. The quantitative estimate of drug-likeness (QED) is 0.872. The van der Waals surface area contributed by atoms with Gasteiger partial charge in [-0.2, -0.15) is 0 Å². The molecule has 3 heteroatoms. The second kappa shape index (κ2) is 5.33. The van der Waals surface area contributed by atoms with Crippen LogP contribution in [-0.4, -0.2) is 23.7 Å². The van der Waals surface area contributed by atoms with Crippen molar-refractivity contribution in [3.05, 3.63) is 35.4 Å². The zero-order valence-corrected chi connectivity index (χ0v) is 11.1. The van der Waals surface area contributed by atoms with E-state index in [2.05, 4.69) is 29.6 Å². The second-order valence-electron chi connectivity index (χ2n) is 5.90. The molecule has 2 aliphatic carbocycles. The Labute approximate surface area is 114 Å². The van der Waals surface area contributed by atoms with Crippen LogP contribution < -0.4 is 5.32 Å². The largest absolute Gasteiger partial charge is 0.481 e. The Balaban J connectivity index is 1.70. The first kappa shape index (κ1) is 12.7. The van der Waals surface area contributed by atoms with Crippen LogP contribution in [0.5, 0.6) is 0 Å². The van der Waals surface area contributed by atoms with Gasteiger partial charge in [0.2, 0.25) is 0 Å². The molecular weight excluding hydrogens is 238 g/mol. The minimum absolute atomic E-state index is 0.225. The predicted molar refractivity (Wildman–Crippen MR) is 74.1 cm³/mol. The summed E-state index contributed by atoms with van der Waals surface area (Å²) in [6.45, 7) is 0.601. The van der Waals surface area contributed by atoms with E-state index in [1.807, 2.05) is 0 Å². The number of aliphatic carboxylic acids is 1. The van der Waals surface area contributed by atoms with E-state index in [0.717, 1.165) is 12.8 Å². The normalized spacial score (nSPS) is 28.7. The van der Waals surface area contributed by atoms with Gasteiger partial charge in [0.1, 0.15) is 0 Å². The number of hydrogen-bond donors (Lipinski definition) is 2. The van der Waals surface area contributed by atoms with Crippen LogP contribution in [-0.2, 0) is 17.6 Å². The lowest BCUT2D eigenvalue weighted by Crippen LogP contribution is -2.39. The summed E-state index contributed by atoms with van der Waals surface area (Å²) in [5.74, 6) is 0.654. The fraction of sp³-hybridized carbons (Fsp3) is 0.562. The minimum atomic E-state index is -0.711. The molecule has 2 aliphatic rings. The Morgan fingerprint density at radius 1 is 1.16 bits per heavy atom. The smallest absolute Gasteiger partial charge is 0.304 e. The number of carbonyl (C=O) groups is 1. The van der Waals surface area contributed by atoms with E-state index in [1.165, 1.54) is 24.0 Å². The van der Waals surface area contributed by atoms with Gasteiger partial charge in [-0.1, -0.05) is 24.3 Å². The lowest BCUT2D eigenvalue weighted by atomic mass is 9.94. The summed E-state index contributed by atoms with van der Waals surface area (Å²) in [7, 11) is 0. The van der Waals surface area contributed by atoms with Gasteiger partial charge < -0.3 is 10.4 Å². The topological polar surface area (TPSA) is 49.3 Å². The van der Waals surface area contributed by atoms with Crippen molar-refractivity contribution in [1.82, 2.24) is 5.32 Å². The number of fused-ring (bicyclic) bond motifs is 3. The Morgan fingerprint density at radius 2 is 1.74 bits per heavy atom. The van der Waals surface area contributed by atoms with Crippen molar-refractivity contribution >= 4 is 5.97 Å². The Hall–Kier alpha value is -1.35. The highest BCUT2D eigenvalue weighted by Gasteiger charge is 2.38. The number of nitrogens with one attached hydrogen (secondary N) is 1. The lowest BCUT2D eigenvalue weighted by molar-refractivity contribution is -0.136. The Morgan fingerprint density at radius 3 is 2.26 bits per heavy atom. The van der Waals surface area contributed by atoms with Crippen molar-refractivity contribution in [2.24, 2.45) is 11.8 Å². The molecule has 0 radical (unpaired) electrons. The molecule has 1 saturated carbocycles. The molecule has 102 valence electrons. The van der Waals surface area contributed by atoms with Gasteiger partial charge in [-0.05, 0) is 48.6 Å². The number of carboxylic acid groups (broad SMARTS) is 1. The first-order chi connectivity index (χ1) is 9.24. The summed E-state index contributed by atoms with van der Waals surface area (Å²) < 4.78 is 0. The first-order valence-electron chi connectivity index (χ1n) is 7.26. The number of carboxylic acids is 1. The lowest BCUT2D eigenvalue weighted by Gasteiger charge is -2.23. The van der Waals surface area contributed by atoms with Crippen LogP contribution in [0.1, 0.15) is 30.4 Å². The maximum Gasteiger partial charge on any atom is 0.304 e. The highest BCUT2D eigenvalue weighted by atomic mass is 16.4. The third kappa shape index (κ3) is 2.66. The highest BCUT2D eigenvalue weighted by molar-refractivity contribution is 5.66. The Kier molecular flexibility index (Phi) is 3.56. The molecule has 1 aromatic rings. The summed E-state index contributed by atoms with van der Waals surface area (Å²) in [6, 6.07) is 9.27. The maximum absolute atomic E-state index is 10.6. The van der Waals surface area contributed by atoms with Gasteiger partial charge in [0, 0.05) is 12.6 Å². The van der Waals surface area contributed by atoms with Gasteiger partial charge in [-0.3, -0.25) is 4.79 Å². The standard InChI is InChI=1S/C16H21NO2/c18-15(19)7-8-17-16-13-5-6-14(16)10-12-4-2-1-3-11(12)9-13/h1-4,13-14,16-17H,5-10H2,(H,18,19). The van der Waals surface area contributed by atoms with Crippen LogP contribution in [0.25, 0.3) is 0 Å². The summed E-state index contributed by atoms with van der Waals surface area (Å²) in [5.41, 5.74) is 3.00. The van der Waals surface area contributed by atoms with Gasteiger partial charge in [0.15, 0.2) is 0 Å². The molecule has 19 heavy (non-hydrogen) atoms. The van der Waals surface area contributed by atoms with E-state index >= 15 is 0 Å². The average Bonchev–Trinajstić information content (AvgIpc) is 2.65. The zero-order valence-electron chi connectivity index (χ0n) is 11.1. The highest BCUT2D eigenvalue weighted by Crippen LogP contribution is 2.39. The van der Waals surface area contributed by atoms with E-state index in [4.69, 9.17) is 5.11 Å². The van der Waals surface area contributed by atoms with Gasteiger partial charge in [-0.25, -0.2) is 0 Å². The van der Waals surface area contributed by atoms with Crippen LogP contribution in [0.4, 0.5) is 0 Å². The second-order valence-corrected chi connectivity index (χ2v) is 5.90. The molecule has 0 aliphatic heterocycles. The van der Waals surface area contributed by atoms with Crippen LogP contribution in [0.3, 0.4) is 0 Å². The third-order valence-corrected chi connectivity index (χ3v) is 4.73. The molecule has 0 saturated heterocycles. The molecule has 1 fully saturated rings. The molecule has 0 heterocycles. The Bertz CT molecular complexity index is 439. The number of benzene rings is 1. The van der Waals surface area contributed by atoms with Crippen LogP contribution in [0.2, 0.25) is 0 Å². The van der Waals surface area contributed by atoms with Gasteiger partial charge in [0.25, 0.3) is 0 Å². The molecule has 2 atom stereocenters. The molecule has 2 unspecified atom stereocenters. The molecule has 1 aromatic carbocycles. The van der Waals surface area contributed by atoms with Crippen molar-refractivity contribution in [2.45, 2.75) is 38.1 Å². The predicted octanol–water partition coefficient (Wildman–Crippen LogP) is 2.24. The monoisotopic (exact) mass is 259 g/mol. The molecule has 0 aromatic heterocycles. The summed E-state index contributed by atoms with van der Waals surface area (Å²) in [6.07, 6.45) is 5.09. The van der Waals surface area contributed by atoms with Gasteiger partial charge in [0.05, 0.1) is 6.42 Å². The van der Waals surface area contributed by atoms with Gasteiger partial charge in [-0.15, -0.1) is 0 Å². The van der Waals surface area contributed by atoms with E-state index in [-0.39, 0.29) is 6.42 Å². The van der Waals surface area contributed by atoms with Gasteiger partial charge >= 0.3 is 5.97 Å². The molecule has 0 amide bonds. The van der Waals surface area contributed by atoms with Crippen molar-refractivity contribution in [2.75, 3.05) is 6.54 Å². The van der Waals surface area contributed by atoms with Crippen molar-refractivity contribution < 1.29 is 9.90 Å². The maximum atomic E-state index is 10.6. The molecular formula is C16H21NO2. The molecule has 0 spiro atoms. The molecule has 2 bridgehead atoms. The molecule has 3 rings (SSSR count). The molecule has 2 N–H and O–H groups in total. The van der Waals surface area contributed by atoms with Crippen LogP contribution in [0.15, 0.2) is 24.3 Å². The van der Waals surface area contributed by atoms with Crippen LogP contribution in [0, 0.1) is 11.8 Å². The third-order valence-electron chi connectivity index (χ3n) is 4.73. The van der Waals surface area contributed by atoms with Crippen molar-refractivity contribution in [3.8, 4) is 0 Å². The summed E-state index contributed by atoms with van der Waals surface area (Å²) >= 11 is 0. The fourth-order valence-electron chi connectivity index (χ4n) is 3.83. The zero-order chi connectivity index (χ0) is 13.2. The van der Waals surface area contributed by atoms with E-state index in [9.17, 15) is 4.79 Å².